The van der Waals surface area contributed by atoms with Crippen molar-refractivity contribution in [2.45, 2.75) is 76.9 Å². The van der Waals surface area contributed by atoms with Crippen LogP contribution in [0.1, 0.15) is 76.9 Å². The molecule has 4 rings (SSSR count). The van der Waals surface area contributed by atoms with Crippen molar-refractivity contribution in [3.05, 3.63) is 63.6 Å². The fraction of sp³-hybridized carbons (Fsp3) is 0.480. The minimum atomic E-state index is -0.481. The van der Waals surface area contributed by atoms with E-state index in [0.29, 0.717) is 11.6 Å². The van der Waals surface area contributed by atoms with E-state index in [0.717, 1.165) is 17.0 Å². The number of hydrogen-bond acceptors (Lipinski definition) is 5. The van der Waals surface area contributed by atoms with E-state index in [4.69, 9.17) is 16.7 Å². The van der Waals surface area contributed by atoms with Crippen molar-refractivity contribution in [1.29, 1.82) is 0 Å². The van der Waals surface area contributed by atoms with Gasteiger partial charge in [-0.2, -0.15) is 5.10 Å². The van der Waals surface area contributed by atoms with Crippen LogP contribution < -0.4 is 10.6 Å². The molecule has 0 radical (unpaired) electrons. The van der Waals surface area contributed by atoms with Gasteiger partial charge in [-0.3, -0.25) is 14.8 Å². The van der Waals surface area contributed by atoms with Crippen LogP contribution in [0, 0.1) is 5.82 Å². The van der Waals surface area contributed by atoms with Crippen LogP contribution >= 0.6 is 35.3 Å². The van der Waals surface area contributed by atoms with Crippen LogP contribution in [0.2, 0.25) is 5.02 Å². The molecule has 3 aromatic rings. The first-order valence-electron chi connectivity index (χ1n) is 11.4. The number of anilines is 1. The lowest BCUT2D eigenvalue weighted by atomic mass is 9.90. The average molecular weight is 541 g/mol. The first kappa shape index (κ1) is 27.6. The summed E-state index contributed by atoms with van der Waals surface area (Å²) < 4.78 is 16.2. The second-order valence-electron chi connectivity index (χ2n) is 10.8. The van der Waals surface area contributed by atoms with Gasteiger partial charge in [0.25, 0.3) is 0 Å². The zero-order valence-corrected chi connectivity index (χ0v) is 23.1. The number of nitrogens with zero attached hydrogens (tertiary/aromatic N) is 3. The molecule has 1 saturated heterocycles. The van der Waals surface area contributed by atoms with Crippen molar-refractivity contribution in [2.75, 3.05) is 5.32 Å². The summed E-state index contributed by atoms with van der Waals surface area (Å²) in [5.74, 6) is -0.751. The fourth-order valence-electron chi connectivity index (χ4n) is 4.08. The van der Waals surface area contributed by atoms with Crippen LogP contribution in [0.15, 0.2) is 35.8 Å². The molecule has 10 heteroatoms. The highest BCUT2D eigenvalue weighted by atomic mass is 35.5. The molecule has 1 aliphatic heterocycles. The molecule has 0 spiro atoms. The standard InChI is InChI=1S/C25H31ClFN5OS.ClH/c1-24(2,3)20-13-34-23(29-20)30-22(33)19-12-15(18-9-10-32(31-18)25(4,5)6)21(28-19)14-7-8-16(26)17(27)11-14;/h7-11,13,15,19,21,28H,12H2,1-6H3,(H,29,30,33);1H/t15?,19-,21-;/m0./s1. The normalized spacial score (nSPS) is 20.5. The monoisotopic (exact) mass is 539 g/mol. The van der Waals surface area contributed by atoms with E-state index in [2.05, 4.69) is 57.2 Å². The molecule has 0 aliphatic carbocycles. The maximum Gasteiger partial charge on any atom is 0.243 e. The van der Waals surface area contributed by atoms with Crippen LogP contribution in [0.3, 0.4) is 0 Å². The Morgan fingerprint density at radius 1 is 1.23 bits per heavy atom. The third-order valence-corrected chi connectivity index (χ3v) is 7.14. The predicted octanol–water partition coefficient (Wildman–Crippen LogP) is 6.43. The Morgan fingerprint density at radius 2 is 1.94 bits per heavy atom. The van der Waals surface area contributed by atoms with Crippen LogP contribution in [0.4, 0.5) is 9.52 Å². The molecular weight excluding hydrogens is 508 g/mol. The molecule has 35 heavy (non-hydrogen) atoms. The number of nitrogens with one attached hydrogen (secondary N) is 2. The lowest BCUT2D eigenvalue weighted by Crippen LogP contribution is -2.36. The molecule has 0 saturated carbocycles. The van der Waals surface area contributed by atoms with Crippen LogP contribution in [-0.4, -0.2) is 26.7 Å². The molecule has 0 bridgehead atoms. The minimum absolute atomic E-state index is 0. The van der Waals surface area contributed by atoms with Crippen molar-refractivity contribution < 1.29 is 9.18 Å². The van der Waals surface area contributed by atoms with Gasteiger partial charge in [0, 0.05) is 29.0 Å². The Morgan fingerprint density at radius 3 is 2.51 bits per heavy atom. The van der Waals surface area contributed by atoms with Gasteiger partial charge in [-0.05, 0) is 51.0 Å². The number of thiazole rings is 1. The SMILES string of the molecule is CC(C)(C)c1csc(NC(=O)[C@@H]2CC(c3ccn(C(C)(C)C)n3)[C@H](c3ccc(Cl)c(F)c3)N2)n1.Cl. The van der Waals surface area contributed by atoms with Crippen molar-refractivity contribution in [2.24, 2.45) is 0 Å². The average Bonchev–Trinajstić information content (AvgIpc) is 3.47. The van der Waals surface area contributed by atoms with Crippen LogP contribution in [0.5, 0.6) is 0 Å². The van der Waals surface area contributed by atoms with Gasteiger partial charge in [0.05, 0.1) is 28.0 Å². The Kier molecular flexibility index (Phi) is 8.01. The van der Waals surface area contributed by atoms with Gasteiger partial charge < -0.3 is 5.32 Å². The van der Waals surface area contributed by atoms with Crippen molar-refractivity contribution in [3.8, 4) is 0 Å². The third kappa shape index (κ3) is 6.05. The molecule has 2 aromatic heterocycles. The number of halogens is 3. The molecule has 2 N–H and O–H groups in total. The third-order valence-electron chi connectivity index (χ3n) is 6.07. The molecule has 1 fully saturated rings. The number of benzene rings is 1. The topological polar surface area (TPSA) is 71.8 Å². The number of amides is 1. The van der Waals surface area contributed by atoms with Crippen molar-refractivity contribution >= 4 is 46.4 Å². The van der Waals surface area contributed by atoms with Gasteiger partial charge >= 0.3 is 0 Å². The minimum Gasteiger partial charge on any atom is -0.301 e. The van der Waals surface area contributed by atoms with Gasteiger partial charge in [0.1, 0.15) is 5.82 Å². The summed E-state index contributed by atoms with van der Waals surface area (Å²) in [5.41, 5.74) is 2.27. The highest BCUT2D eigenvalue weighted by molar-refractivity contribution is 7.14. The first-order chi connectivity index (χ1) is 15.8. The molecule has 1 aliphatic rings. The first-order valence-corrected chi connectivity index (χ1v) is 12.6. The predicted molar refractivity (Wildman–Crippen MR) is 142 cm³/mol. The van der Waals surface area contributed by atoms with E-state index >= 15 is 0 Å². The Labute approximate surface area is 221 Å². The number of aromatic nitrogens is 3. The summed E-state index contributed by atoms with van der Waals surface area (Å²) in [6.45, 7) is 12.5. The summed E-state index contributed by atoms with van der Waals surface area (Å²) in [5, 5.41) is 13.8. The smallest absolute Gasteiger partial charge is 0.243 e. The van der Waals surface area contributed by atoms with E-state index in [9.17, 15) is 9.18 Å². The van der Waals surface area contributed by atoms with E-state index in [-0.39, 0.29) is 46.3 Å². The molecule has 3 atom stereocenters. The number of rotatable bonds is 4. The largest absolute Gasteiger partial charge is 0.301 e. The summed E-state index contributed by atoms with van der Waals surface area (Å²) in [4.78, 5) is 17.8. The molecular formula is C25H32Cl2FN5OS. The maximum atomic E-state index is 14.3. The number of carbonyl (C=O) groups is 1. The van der Waals surface area contributed by atoms with E-state index in [1.165, 1.54) is 17.4 Å². The Hall–Kier alpha value is -2.00. The maximum absolute atomic E-state index is 14.3. The Bertz CT molecular complexity index is 1200. The molecule has 6 nitrogen and oxygen atoms in total. The second kappa shape index (κ2) is 10.2. The highest BCUT2D eigenvalue weighted by Crippen LogP contribution is 2.41. The van der Waals surface area contributed by atoms with E-state index in [1.54, 1.807) is 12.1 Å². The number of hydrogen-bond donors (Lipinski definition) is 2. The molecule has 1 amide bonds. The van der Waals surface area contributed by atoms with Crippen LogP contribution in [0.25, 0.3) is 0 Å². The summed E-state index contributed by atoms with van der Waals surface area (Å²) in [6.07, 6.45) is 2.48. The number of carbonyl (C=O) groups excluding carboxylic acids is 1. The van der Waals surface area contributed by atoms with Crippen molar-refractivity contribution in [3.63, 3.8) is 0 Å². The molecule has 3 heterocycles. The summed E-state index contributed by atoms with van der Waals surface area (Å²) in [6, 6.07) is 6.00. The highest BCUT2D eigenvalue weighted by Gasteiger charge is 2.41. The zero-order chi connectivity index (χ0) is 24.8. The van der Waals surface area contributed by atoms with Crippen LogP contribution in [-0.2, 0) is 15.7 Å². The van der Waals surface area contributed by atoms with Gasteiger partial charge in [-0.25, -0.2) is 9.37 Å². The molecule has 1 aromatic carbocycles. The van der Waals surface area contributed by atoms with Gasteiger partial charge in [-0.15, -0.1) is 23.7 Å². The zero-order valence-electron chi connectivity index (χ0n) is 20.7. The summed E-state index contributed by atoms with van der Waals surface area (Å²) in [7, 11) is 0. The van der Waals surface area contributed by atoms with E-state index < -0.39 is 11.9 Å². The van der Waals surface area contributed by atoms with Gasteiger partial charge in [-0.1, -0.05) is 38.4 Å². The second-order valence-corrected chi connectivity index (χ2v) is 12.1. The lowest BCUT2D eigenvalue weighted by Gasteiger charge is -2.21. The summed E-state index contributed by atoms with van der Waals surface area (Å²) >= 11 is 7.33. The lowest BCUT2D eigenvalue weighted by molar-refractivity contribution is -0.117. The molecule has 190 valence electrons. The van der Waals surface area contributed by atoms with Gasteiger partial charge in [0.15, 0.2) is 5.13 Å². The van der Waals surface area contributed by atoms with Gasteiger partial charge in [0.2, 0.25) is 5.91 Å². The van der Waals surface area contributed by atoms with E-state index in [1.807, 2.05) is 22.3 Å². The fourth-order valence-corrected chi connectivity index (χ4v) is 5.13. The molecule has 1 unspecified atom stereocenters. The Balaban J connectivity index is 0.00000342. The van der Waals surface area contributed by atoms with Crippen molar-refractivity contribution in [1.82, 2.24) is 20.1 Å². The quantitative estimate of drug-likeness (QED) is 0.400.